The zero-order chi connectivity index (χ0) is 28.1. The summed E-state index contributed by atoms with van der Waals surface area (Å²) >= 11 is 0. The number of fused-ring (bicyclic) bond motifs is 1. The Hall–Kier alpha value is -3.80. The van der Waals surface area contributed by atoms with E-state index >= 15 is 0 Å². The van der Waals surface area contributed by atoms with Gasteiger partial charge < -0.3 is 10.2 Å². The molecule has 204 valence electrons. The number of nitrogens with one attached hydrogen (secondary N) is 1. The number of nitrogens with two attached hydrogens (primary N) is 1. The zero-order valence-corrected chi connectivity index (χ0v) is 23.5. The number of anilines is 2. The van der Waals surface area contributed by atoms with Crippen LogP contribution in [-0.2, 0) is 20.2 Å². The minimum atomic E-state index is -3.94. The van der Waals surface area contributed by atoms with Crippen molar-refractivity contribution in [3.05, 3.63) is 71.9 Å². The minimum absolute atomic E-state index is 0.0829. The summed E-state index contributed by atoms with van der Waals surface area (Å²) in [4.78, 5) is 21.1. The molecule has 0 saturated carbocycles. The Kier molecular flexibility index (Phi) is 6.69. The van der Waals surface area contributed by atoms with Gasteiger partial charge in [0.1, 0.15) is 6.04 Å². The van der Waals surface area contributed by atoms with Gasteiger partial charge in [-0.2, -0.15) is 0 Å². The number of carbonyl (C=O) groups excluding carboxylic acids is 1. The smallest absolute Gasteiger partial charge is 0.245 e. The number of nitrogens with zero attached hydrogens (tertiary/aromatic N) is 5. The summed E-state index contributed by atoms with van der Waals surface area (Å²) in [6.07, 6.45) is 1.71. The lowest BCUT2D eigenvalue weighted by Crippen LogP contribution is -2.48. The maximum absolute atomic E-state index is 12.7. The zero-order valence-electron chi connectivity index (χ0n) is 22.7. The van der Waals surface area contributed by atoms with Gasteiger partial charge in [-0.05, 0) is 53.9 Å². The van der Waals surface area contributed by atoms with Crippen LogP contribution in [0, 0.1) is 0 Å². The summed E-state index contributed by atoms with van der Waals surface area (Å²) in [5, 5.41) is 13.5. The number of likely N-dealkylation sites (N-methyl/N-ethyl adjacent to an activating group) is 2. The average molecular weight is 548 g/mol. The molecule has 0 spiro atoms. The Bertz CT molecular complexity index is 1660. The molecule has 4 aromatic rings. The normalized spacial score (nSPS) is 17.1. The van der Waals surface area contributed by atoms with Gasteiger partial charge in [-0.1, -0.05) is 45.0 Å². The molecule has 39 heavy (non-hydrogen) atoms. The highest BCUT2D eigenvalue weighted by Crippen LogP contribution is 2.38. The Morgan fingerprint density at radius 3 is 2.38 bits per heavy atom. The first kappa shape index (κ1) is 26.8. The fraction of sp³-hybridized carbons (Fsp3) is 0.321. The summed E-state index contributed by atoms with van der Waals surface area (Å²) in [5.74, 6) is 0.456. The number of rotatable bonds is 5. The highest BCUT2D eigenvalue weighted by Gasteiger charge is 2.32. The molecule has 0 radical (unpaired) electrons. The van der Waals surface area contributed by atoms with Gasteiger partial charge in [0.25, 0.3) is 0 Å². The van der Waals surface area contributed by atoms with E-state index in [1.54, 1.807) is 21.7 Å². The van der Waals surface area contributed by atoms with Crippen LogP contribution >= 0.6 is 0 Å². The number of piperazine rings is 1. The molecule has 1 unspecified atom stereocenters. The second kappa shape index (κ2) is 9.74. The van der Waals surface area contributed by atoms with Crippen LogP contribution in [0.15, 0.2) is 65.7 Å². The molecule has 10 nitrogen and oxygen atoms in total. The van der Waals surface area contributed by atoms with Crippen molar-refractivity contribution in [1.29, 1.82) is 0 Å². The van der Waals surface area contributed by atoms with Crippen molar-refractivity contribution in [1.82, 2.24) is 24.4 Å². The van der Waals surface area contributed by atoms with Crippen LogP contribution in [0.1, 0.15) is 37.9 Å². The van der Waals surface area contributed by atoms with Crippen molar-refractivity contribution >= 4 is 33.1 Å². The largest absolute Gasteiger partial charge is 0.343 e. The van der Waals surface area contributed by atoms with E-state index in [-0.39, 0.29) is 16.8 Å². The van der Waals surface area contributed by atoms with Crippen LogP contribution in [0.2, 0.25) is 0 Å². The van der Waals surface area contributed by atoms with Crippen LogP contribution in [0.5, 0.6) is 0 Å². The van der Waals surface area contributed by atoms with Gasteiger partial charge in [0.15, 0.2) is 0 Å². The molecule has 1 atom stereocenters. The molecule has 1 amide bonds. The Morgan fingerprint density at radius 1 is 1.00 bits per heavy atom. The number of hydrogen-bond acceptors (Lipinski definition) is 7. The molecule has 2 aromatic heterocycles. The summed E-state index contributed by atoms with van der Waals surface area (Å²) in [6, 6.07) is 16.3. The lowest BCUT2D eigenvalue weighted by molar-refractivity contribution is -0.139. The third kappa shape index (κ3) is 5.12. The lowest BCUT2D eigenvalue weighted by Gasteiger charge is -2.37. The first-order chi connectivity index (χ1) is 18.3. The lowest BCUT2D eigenvalue weighted by atomic mass is 9.83. The third-order valence-electron chi connectivity index (χ3n) is 7.08. The van der Waals surface area contributed by atoms with E-state index in [2.05, 4.69) is 15.2 Å². The molecule has 1 aliphatic heterocycles. The van der Waals surface area contributed by atoms with Crippen molar-refractivity contribution in [2.24, 2.45) is 5.14 Å². The van der Waals surface area contributed by atoms with Gasteiger partial charge in [0, 0.05) is 31.4 Å². The number of benzene rings is 2. The first-order valence-electron chi connectivity index (χ1n) is 12.7. The average Bonchev–Trinajstić information content (AvgIpc) is 3.29. The second-order valence-electron chi connectivity index (χ2n) is 11.0. The van der Waals surface area contributed by atoms with Gasteiger partial charge in [-0.25, -0.2) is 23.1 Å². The summed E-state index contributed by atoms with van der Waals surface area (Å²) in [5.41, 5.74) is 4.05. The summed E-state index contributed by atoms with van der Waals surface area (Å²) < 4.78 is 26.6. The molecular formula is C28H33N7O3S. The van der Waals surface area contributed by atoms with Gasteiger partial charge in [0.05, 0.1) is 22.3 Å². The van der Waals surface area contributed by atoms with Crippen molar-refractivity contribution in [2.75, 3.05) is 32.5 Å². The molecule has 5 rings (SSSR count). The first-order valence-corrected chi connectivity index (χ1v) is 14.2. The maximum Gasteiger partial charge on any atom is 0.245 e. The highest BCUT2D eigenvalue weighted by molar-refractivity contribution is 7.89. The molecule has 3 N–H and O–H groups in total. The van der Waals surface area contributed by atoms with E-state index in [0.29, 0.717) is 11.5 Å². The standard InChI is InChI=1S/C28H33N7O3S/c1-28(2,3)24-21(7-6-8-23(24)39(29,37)38)22-14-13-20-17-30-27(32-35(20)22)31-19-11-9-18(10-12-19)25-26(36)34(5)16-15-33(25)4/h6-14,17,25H,15-16H2,1-5H3,(H,31,32)(H2,29,37,38). The van der Waals surface area contributed by atoms with Crippen molar-refractivity contribution in [3.8, 4) is 11.3 Å². The number of aromatic nitrogens is 3. The fourth-order valence-electron chi connectivity index (χ4n) is 5.14. The molecule has 11 heteroatoms. The quantitative estimate of drug-likeness (QED) is 0.391. The minimum Gasteiger partial charge on any atom is -0.343 e. The summed E-state index contributed by atoms with van der Waals surface area (Å²) in [6.45, 7) is 7.41. The summed E-state index contributed by atoms with van der Waals surface area (Å²) in [7, 11) is -0.144. The molecule has 1 aliphatic rings. The Balaban J connectivity index is 1.49. The van der Waals surface area contributed by atoms with Gasteiger partial charge in [0.2, 0.25) is 21.9 Å². The van der Waals surface area contributed by atoms with Crippen molar-refractivity contribution < 1.29 is 13.2 Å². The molecule has 2 aromatic carbocycles. The molecule has 1 fully saturated rings. The van der Waals surface area contributed by atoms with E-state index in [0.717, 1.165) is 41.1 Å². The molecule has 1 saturated heterocycles. The number of primary sulfonamides is 1. The predicted octanol–water partition coefficient (Wildman–Crippen LogP) is 3.53. The maximum atomic E-state index is 12.7. The van der Waals surface area contributed by atoms with Gasteiger partial charge in [-0.15, -0.1) is 5.10 Å². The van der Waals surface area contributed by atoms with Gasteiger partial charge >= 0.3 is 0 Å². The van der Waals surface area contributed by atoms with Crippen molar-refractivity contribution in [2.45, 2.75) is 37.1 Å². The van der Waals surface area contributed by atoms with Crippen LogP contribution in [-0.4, -0.2) is 65.9 Å². The third-order valence-corrected chi connectivity index (χ3v) is 8.03. The van der Waals surface area contributed by atoms with E-state index in [4.69, 9.17) is 10.2 Å². The van der Waals surface area contributed by atoms with Crippen molar-refractivity contribution in [3.63, 3.8) is 0 Å². The van der Waals surface area contributed by atoms with Crippen LogP contribution < -0.4 is 10.5 Å². The Labute approximate surface area is 228 Å². The van der Waals surface area contributed by atoms with E-state index < -0.39 is 15.4 Å². The van der Waals surface area contributed by atoms with E-state index in [1.165, 1.54) is 6.07 Å². The van der Waals surface area contributed by atoms with Gasteiger partial charge in [-0.3, -0.25) is 9.69 Å². The monoisotopic (exact) mass is 547 g/mol. The SMILES string of the molecule is CN1CCN(C)C(c2ccc(Nc3ncc4ccc(-c5cccc(S(N)(=O)=O)c5C(C)(C)C)n4n3)cc2)C1=O. The predicted molar refractivity (Wildman–Crippen MR) is 151 cm³/mol. The fourth-order valence-corrected chi connectivity index (χ4v) is 6.11. The van der Waals surface area contributed by atoms with Crippen LogP contribution in [0.25, 0.3) is 16.8 Å². The molecule has 0 bridgehead atoms. The Morgan fingerprint density at radius 2 is 1.72 bits per heavy atom. The number of sulfonamides is 1. The number of hydrogen-bond donors (Lipinski definition) is 2. The topological polar surface area (TPSA) is 126 Å². The van der Waals surface area contributed by atoms with Crippen LogP contribution in [0.3, 0.4) is 0 Å². The van der Waals surface area contributed by atoms with E-state index in [1.807, 2.05) is 77.3 Å². The molecular weight excluding hydrogens is 514 g/mol. The molecule has 0 aliphatic carbocycles. The number of carbonyl (C=O) groups is 1. The molecule has 3 heterocycles. The second-order valence-corrected chi connectivity index (χ2v) is 12.5. The van der Waals surface area contributed by atoms with E-state index in [9.17, 15) is 13.2 Å². The highest BCUT2D eigenvalue weighted by atomic mass is 32.2. The number of amides is 1. The van der Waals surface area contributed by atoms with Crippen LogP contribution in [0.4, 0.5) is 11.6 Å².